The molecular weight excluding hydrogens is 454 g/mol. The zero-order valence-electron chi connectivity index (χ0n) is 16.4. The molecule has 3 aliphatic rings. The summed E-state index contributed by atoms with van der Waals surface area (Å²) in [5.74, 6) is 0.934. The van der Waals surface area contributed by atoms with Gasteiger partial charge in [-0.3, -0.25) is 15.1 Å². The molecular formula is C21H23BrClN5O. The summed E-state index contributed by atoms with van der Waals surface area (Å²) in [4.78, 5) is 19.9. The number of carbonyl (C=O) groups is 1. The van der Waals surface area contributed by atoms with Gasteiger partial charge in [-0.2, -0.15) is 5.10 Å². The van der Waals surface area contributed by atoms with Gasteiger partial charge in [0.15, 0.2) is 5.84 Å². The van der Waals surface area contributed by atoms with Crippen LogP contribution in [-0.2, 0) is 4.79 Å². The maximum atomic E-state index is 13.6. The number of nitrogens with zero attached hydrogens (tertiary/aromatic N) is 4. The Morgan fingerprint density at radius 1 is 1.24 bits per heavy atom. The van der Waals surface area contributed by atoms with Gasteiger partial charge in [-0.25, -0.2) is 0 Å². The summed E-state index contributed by atoms with van der Waals surface area (Å²) in [6, 6.07) is 12.3. The number of hydrogen-bond acceptors (Lipinski definition) is 5. The molecule has 0 aliphatic carbocycles. The number of fused-ring (bicyclic) bond motifs is 5. The van der Waals surface area contributed by atoms with E-state index < -0.39 is 0 Å². The molecule has 0 radical (unpaired) electrons. The fraction of sp³-hybridized carbons (Fsp3) is 0.333. The molecule has 1 unspecified atom stereocenters. The second-order valence-corrected chi connectivity index (χ2v) is 8.64. The molecule has 2 aromatic rings. The maximum absolute atomic E-state index is 13.6. The largest absolute Gasteiger partial charge is 0.309 e. The number of amidine groups is 1. The van der Waals surface area contributed by atoms with Crippen LogP contribution in [0.4, 0.5) is 17.1 Å². The molecule has 0 spiro atoms. The van der Waals surface area contributed by atoms with Crippen molar-refractivity contribution in [3.8, 4) is 0 Å². The Morgan fingerprint density at radius 3 is 2.86 bits per heavy atom. The molecule has 152 valence electrons. The number of anilines is 3. The zero-order valence-corrected chi connectivity index (χ0v) is 18.8. The predicted octanol–water partition coefficient (Wildman–Crippen LogP) is 4.02. The van der Waals surface area contributed by atoms with Gasteiger partial charge in [0.2, 0.25) is 5.91 Å². The molecule has 3 aliphatic heterocycles. The van der Waals surface area contributed by atoms with Gasteiger partial charge < -0.3 is 9.80 Å². The maximum Gasteiger partial charge on any atom is 0.239 e. The second kappa shape index (κ2) is 7.63. The number of benzene rings is 2. The van der Waals surface area contributed by atoms with Gasteiger partial charge in [-0.1, -0.05) is 28.1 Å². The standard InChI is InChI=1S/C21H22BrN5O.ClH/c1-25(2)10-4-7-15-14-5-3-6-16-19(14)27(21(15)28)18-11-13(22)8-9-17(18)26-12-23-24-20(16)26;/h3,5-6,8-9,11,15,23H,4,7,10,12H2,1-2H3;1H. The number of halogens is 2. The van der Waals surface area contributed by atoms with Crippen molar-refractivity contribution in [2.24, 2.45) is 5.10 Å². The van der Waals surface area contributed by atoms with Crippen LogP contribution in [0.2, 0.25) is 0 Å². The Kier molecular flexibility index (Phi) is 5.31. The average Bonchev–Trinajstić information content (AvgIpc) is 3.22. The van der Waals surface area contributed by atoms with Crippen LogP contribution in [-0.4, -0.2) is 44.0 Å². The van der Waals surface area contributed by atoms with Crippen LogP contribution in [0.5, 0.6) is 0 Å². The molecule has 8 heteroatoms. The lowest BCUT2D eigenvalue weighted by atomic mass is 9.94. The summed E-state index contributed by atoms with van der Waals surface area (Å²) in [7, 11) is 4.14. The average molecular weight is 477 g/mol. The molecule has 0 bridgehead atoms. The molecule has 1 atom stereocenters. The number of amides is 1. The van der Waals surface area contributed by atoms with Crippen molar-refractivity contribution in [2.45, 2.75) is 18.8 Å². The van der Waals surface area contributed by atoms with E-state index >= 15 is 0 Å². The van der Waals surface area contributed by atoms with E-state index in [1.54, 1.807) is 0 Å². The number of rotatable bonds is 4. The third-order valence-electron chi connectivity index (χ3n) is 5.66. The molecule has 0 saturated carbocycles. The van der Waals surface area contributed by atoms with Gasteiger partial charge >= 0.3 is 0 Å². The first kappa shape index (κ1) is 20.2. The summed E-state index contributed by atoms with van der Waals surface area (Å²) in [6.45, 7) is 1.58. The topological polar surface area (TPSA) is 51.2 Å². The monoisotopic (exact) mass is 475 g/mol. The van der Waals surface area contributed by atoms with Crippen molar-refractivity contribution < 1.29 is 4.79 Å². The Hall–Kier alpha value is -2.09. The lowest BCUT2D eigenvalue weighted by Crippen LogP contribution is -2.30. The normalized spacial score (nSPS) is 18.6. The summed E-state index contributed by atoms with van der Waals surface area (Å²) >= 11 is 3.59. The van der Waals surface area contributed by atoms with E-state index in [4.69, 9.17) is 0 Å². The van der Waals surface area contributed by atoms with E-state index in [1.807, 2.05) is 17.0 Å². The number of carbonyl (C=O) groups excluding carboxylic acids is 1. The lowest BCUT2D eigenvalue weighted by molar-refractivity contribution is -0.118. The van der Waals surface area contributed by atoms with Crippen LogP contribution in [0.15, 0.2) is 46.0 Å². The van der Waals surface area contributed by atoms with E-state index in [2.05, 4.69) is 74.6 Å². The van der Waals surface area contributed by atoms with Crippen molar-refractivity contribution >= 4 is 57.1 Å². The van der Waals surface area contributed by atoms with Gasteiger partial charge in [-0.15, -0.1) is 12.4 Å². The summed E-state index contributed by atoms with van der Waals surface area (Å²) in [5.41, 5.74) is 8.14. The van der Waals surface area contributed by atoms with Gasteiger partial charge in [0.25, 0.3) is 0 Å². The summed E-state index contributed by atoms with van der Waals surface area (Å²) in [5, 5.41) is 4.56. The van der Waals surface area contributed by atoms with Crippen molar-refractivity contribution in [2.75, 3.05) is 37.1 Å². The van der Waals surface area contributed by atoms with E-state index in [0.717, 1.165) is 57.9 Å². The van der Waals surface area contributed by atoms with Crippen LogP contribution < -0.4 is 15.2 Å². The first-order valence-electron chi connectivity index (χ1n) is 9.56. The zero-order chi connectivity index (χ0) is 19.4. The van der Waals surface area contributed by atoms with Crippen molar-refractivity contribution in [3.63, 3.8) is 0 Å². The van der Waals surface area contributed by atoms with Crippen LogP contribution in [0.1, 0.15) is 29.9 Å². The minimum absolute atomic E-state index is 0. The first-order valence-corrected chi connectivity index (χ1v) is 10.3. The van der Waals surface area contributed by atoms with Crippen LogP contribution in [0.25, 0.3) is 0 Å². The Balaban J connectivity index is 0.00000205. The highest BCUT2D eigenvalue weighted by atomic mass is 79.9. The first-order chi connectivity index (χ1) is 13.6. The SMILES string of the molecule is CN(C)CCCC1C(=O)N2c3cc(Br)ccc3N3CNN=C3c3cccc1c32.Cl. The fourth-order valence-electron chi connectivity index (χ4n) is 4.43. The van der Waals surface area contributed by atoms with E-state index in [0.29, 0.717) is 6.67 Å². The minimum atomic E-state index is -0.108. The van der Waals surface area contributed by atoms with Crippen LogP contribution in [0, 0.1) is 0 Å². The molecule has 6 nitrogen and oxygen atoms in total. The van der Waals surface area contributed by atoms with E-state index in [-0.39, 0.29) is 24.2 Å². The number of hydrazone groups is 1. The molecule has 1 N–H and O–H groups in total. The molecule has 0 saturated heterocycles. The van der Waals surface area contributed by atoms with E-state index in [9.17, 15) is 4.79 Å². The van der Waals surface area contributed by atoms with Crippen molar-refractivity contribution in [1.82, 2.24) is 10.3 Å². The molecule has 1 amide bonds. The van der Waals surface area contributed by atoms with Crippen LogP contribution >= 0.6 is 28.3 Å². The second-order valence-electron chi connectivity index (χ2n) is 7.73. The Morgan fingerprint density at radius 2 is 2.07 bits per heavy atom. The molecule has 0 fully saturated rings. The highest BCUT2D eigenvalue weighted by Crippen LogP contribution is 2.51. The molecule has 5 rings (SSSR count). The number of hydrogen-bond donors (Lipinski definition) is 1. The third kappa shape index (κ3) is 3.12. The molecule has 29 heavy (non-hydrogen) atoms. The highest BCUT2D eigenvalue weighted by Gasteiger charge is 2.44. The molecule has 2 aromatic carbocycles. The third-order valence-corrected chi connectivity index (χ3v) is 6.16. The smallest absolute Gasteiger partial charge is 0.239 e. The number of para-hydroxylation sites is 1. The van der Waals surface area contributed by atoms with Crippen molar-refractivity contribution in [1.29, 1.82) is 0 Å². The summed E-state index contributed by atoms with van der Waals surface area (Å²) in [6.07, 6.45) is 1.84. The lowest BCUT2D eigenvalue weighted by Gasteiger charge is -2.23. The quantitative estimate of drug-likeness (QED) is 0.724. The number of nitrogens with one attached hydrogen (secondary N) is 1. The molecule has 3 heterocycles. The Labute approximate surface area is 185 Å². The summed E-state index contributed by atoms with van der Waals surface area (Å²) < 4.78 is 0.960. The van der Waals surface area contributed by atoms with Gasteiger partial charge in [0.05, 0.1) is 23.0 Å². The predicted molar refractivity (Wildman–Crippen MR) is 123 cm³/mol. The molecule has 0 aromatic heterocycles. The van der Waals surface area contributed by atoms with Gasteiger partial charge in [0.1, 0.15) is 6.67 Å². The van der Waals surface area contributed by atoms with Crippen molar-refractivity contribution in [3.05, 3.63) is 52.0 Å². The van der Waals surface area contributed by atoms with Gasteiger partial charge in [-0.05, 0) is 63.3 Å². The Bertz CT molecular complexity index is 1010. The van der Waals surface area contributed by atoms with E-state index in [1.165, 1.54) is 0 Å². The highest BCUT2D eigenvalue weighted by molar-refractivity contribution is 9.10. The fourth-order valence-corrected chi connectivity index (χ4v) is 4.78. The van der Waals surface area contributed by atoms with Gasteiger partial charge in [0, 0.05) is 10.0 Å². The van der Waals surface area contributed by atoms with Crippen LogP contribution in [0.3, 0.4) is 0 Å². The minimum Gasteiger partial charge on any atom is -0.309 e.